The first-order valence-corrected chi connectivity index (χ1v) is 7.24. The summed E-state index contributed by atoms with van der Waals surface area (Å²) in [6.45, 7) is 0.217. The molecule has 0 saturated carbocycles. The third kappa shape index (κ3) is 2.79. The molecule has 0 radical (unpaired) electrons. The summed E-state index contributed by atoms with van der Waals surface area (Å²) in [5.41, 5.74) is 3.09. The first kappa shape index (κ1) is 14.4. The molecule has 0 spiro atoms. The number of anilines is 1. The highest BCUT2D eigenvalue weighted by atomic mass is 32.2. The van der Waals surface area contributed by atoms with Crippen molar-refractivity contribution in [2.75, 3.05) is 12.5 Å². The molecule has 0 atom stereocenters. The summed E-state index contributed by atoms with van der Waals surface area (Å²) in [5, 5.41) is 4.01. The molecule has 0 fully saturated rings. The number of nitrogens with one attached hydrogen (secondary N) is 1. The van der Waals surface area contributed by atoms with Gasteiger partial charge < -0.3 is 5.43 Å². The number of hydrogen-bond acceptors (Lipinski definition) is 6. The Bertz CT molecular complexity index is 696. The predicted octanol–water partition coefficient (Wildman–Crippen LogP) is -0.0786. The van der Waals surface area contributed by atoms with Crippen LogP contribution >= 0.6 is 0 Å². The fourth-order valence-corrected chi connectivity index (χ4v) is 3.03. The van der Waals surface area contributed by atoms with Crippen molar-refractivity contribution < 1.29 is 8.42 Å². The Morgan fingerprint density at radius 1 is 1.50 bits per heavy atom. The number of nitrogen functional groups attached to an aromatic ring is 1. The van der Waals surface area contributed by atoms with Crippen LogP contribution in [0.3, 0.4) is 0 Å². The van der Waals surface area contributed by atoms with Crippen molar-refractivity contribution in [3.8, 4) is 0 Å². The van der Waals surface area contributed by atoms with Crippen molar-refractivity contribution >= 4 is 15.8 Å². The van der Waals surface area contributed by atoms with E-state index in [0.717, 1.165) is 5.56 Å². The van der Waals surface area contributed by atoms with Gasteiger partial charge in [0.1, 0.15) is 4.90 Å². The number of nitrogens with two attached hydrogens (primary N) is 1. The molecule has 2 heterocycles. The summed E-state index contributed by atoms with van der Waals surface area (Å²) in [6.07, 6.45) is 4.85. The third-order valence-corrected chi connectivity index (χ3v) is 4.59. The summed E-state index contributed by atoms with van der Waals surface area (Å²) in [4.78, 5) is 3.93. The van der Waals surface area contributed by atoms with Crippen LogP contribution in [-0.4, -0.2) is 34.5 Å². The summed E-state index contributed by atoms with van der Waals surface area (Å²) < 4.78 is 27.8. The largest absolute Gasteiger partial charge is 0.307 e. The average molecular weight is 296 g/mol. The van der Waals surface area contributed by atoms with Gasteiger partial charge in [-0.05, 0) is 12.1 Å². The van der Waals surface area contributed by atoms with Crippen LogP contribution in [0.2, 0.25) is 0 Å². The van der Waals surface area contributed by atoms with E-state index in [9.17, 15) is 8.42 Å². The van der Waals surface area contributed by atoms with E-state index >= 15 is 0 Å². The second kappa shape index (κ2) is 5.57. The van der Waals surface area contributed by atoms with Crippen LogP contribution in [0.5, 0.6) is 0 Å². The van der Waals surface area contributed by atoms with Gasteiger partial charge in [-0.3, -0.25) is 4.68 Å². The maximum atomic E-state index is 12.5. The fraction of sp³-hybridized carbons (Fsp3) is 0.273. The summed E-state index contributed by atoms with van der Waals surface area (Å²) >= 11 is 0. The molecule has 0 saturated heterocycles. The molecule has 0 amide bonds. The third-order valence-electron chi connectivity index (χ3n) is 2.76. The van der Waals surface area contributed by atoms with Gasteiger partial charge in [-0.1, -0.05) is 0 Å². The van der Waals surface area contributed by atoms with Crippen LogP contribution in [0.15, 0.2) is 35.6 Å². The molecular formula is C11H16N6O2S. The Hall–Kier alpha value is -1.97. The maximum Gasteiger partial charge on any atom is 0.246 e. The highest BCUT2D eigenvalue weighted by Gasteiger charge is 2.24. The van der Waals surface area contributed by atoms with Crippen molar-refractivity contribution in [2.24, 2.45) is 12.9 Å². The highest BCUT2D eigenvalue weighted by Crippen LogP contribution is 2.21. The Morgan fingerprint density at radius 3 is 2.85 bits per heavy atom. The van der Waals surface area contributed by atoms with Crippen LogP contribution in [0.1, 0.15) is 5.56 Å². The smallest absolute Gasteiger partial charge is 0.246 e. The monoisotopic (exact) mass is 296 g/mol. The summed E-state index contributed by atoms with van der Waals surface area (Å²) in [5.74, 6) is 5.41. The van der Waals surface area contributed by atoms with Crippen LogP contribution < -0.4 is 11.3 Å². The Labute approximate surface area is 117 Å². The maximum absolute atomic E-state index is 12.5. The Balaban J connectivity index is 2.29. The predicted molar refractivity (Wildman–Crippen MR) is 73.9 cm³/mol. The molecule has 20 heavy (non-hydrogen) atoms. The van der Waals surface area contributed by atoms with Gasteiger partial charge in [0.25, 0.3) is 0 Å². The lowest BCUT2D eigenvalue weighted by atomic mass is 10.4. The van der Waals surface area contributed by atoms with Gasteiger partial charge in [0.15, 0.2) is 5.82 Å². The molecule has 2 rings (SSSR count). The van der Waals surface area contributed by atoms with E-state index in [4.69, 9.17) is 5.84 Å². The quantitative estimate of drug-likeness (QED) is 0.590. The van der Waals surface area contributed by atoms with Crippen molar-refractivity contribution in [3.05, 3.63) is 36.3 Å². The van der Waals surface area contributed by atoms with Gasteiger partial charge in [-0.15, -0.1) is 0 Å². The zero-order chi connectivity index (χ0) is 14.8. The van der Waals surface area contributed by atoms with Gasteiger partial charge in [0.2, 0.25) is 10.0 Å². The van der Waals surface area contributed by atoms with E-state index in [0.29, 0.717) is 0 Å². The first-order chi connectivity index (χ1) is 9.45. The minimum Gasteiger partial charge on any atom is -0.307 e. The van der Waals surface area contributed by atoms with E-state index in [-0.39, 0.29) is 17.3 Å². The lowest BCUT2D eigenvalue weighted by molar-refractivity contribution is 0.466. The van der Waals surface area contributed by atoms with E-state index in [1.807, 2.05) is 0 Å². The molecule has 0 aliphatic heterocycles. The molecule has 0 aliphatic rings. The zero-order valence-electron chi connectivity index (χ0n) is 11.2. The van der Waals surface area contributed by atoms with E-state index < -0.39 is 10.0 Å². The summed E-state index contributed by atoms with van der Waals surface area (Å²) in [7, 11) is -0.410. The van der Waals surface area contributed by atoms with Crippen LogP contribution in [0.25, 0.3) is 0 Å². The van der Waals surface area contributed by atoms with Crippen LogP contribution in [0, 0.1) is 0 Å². The van der Waals surface area contributed by atoms with Crippen molar-refractivity contribution in [3.63, 3.8) is 0 Å². The molecule has 8 nitrogen and oxygen atoms in total. The molecule has 108 valence electrons. The first-order valence-electron chi connectivity index (χ1n) is 5.80. The topological polar surface area (TPSA) is 106 Å². The number of aryl methyl sites for hydroxylation is 1. The van der Waals surface area contributed by atoms with Gasteiger partial charge in [0, 0.05) is 38.6 Å². The minimum absolute atomic E-state index is 0.0360. The number of hydrazine groups is 1. The molecule has 9 heteroatoms. The molecule has 0 aromatic carbocycles. The second-order valence-electron chi connectivity index (χ2n) is 4.28. The Kier molecular flexibility index (Phi) is 4.02. The molecule has 2 aromatic rings. The standard InChI is InChI=1S/C11H16N6O2S/c1-16-7-9(6-14-16)8-17(2)20(18,19)10-4-3-5-13-11(10)15-12/h3-7H,8,12H2,1-2H3,(H,13,15). The highest BCUT2D eigenvalue weighted by molar-refractivity contribution is 7.89. The average Bonchev–Trinajstić information content (AvgIpc) is 2.84. The molecular weight excluding hydrogens is 280 g/mol. The van der Waals surface area contributed by atoms with Gasteiger partial charge in [0.05, 0.1) is 6.20 Å². The minimum atomic E-state index is -3.68. The van der Waals surface area contributed by atoms with Gasteiger partial charge >= 0.3 is 0 Å². The van der Waals surface area contributed by atoms with E-state index in [1.165, 1.54) is 23.6 Å². The lowest BCUT2D eigenvalue weighted by Crippen LogP contribution is -2.28. The number of sulfonamides is 1. The number of aromatic nitrogens is 3. The van der Waals surface area contributed by atoms with Crippen molar-refractivity contribution in [1.82, 2.24) is 19.1 Å². The second-order valence-corrected chi connectivity index (χ2v) is 6.29. The SMILES string of the molecule is CN(Cc1cnn(C)c1)S(=O)(=O)c1cccnc1NN. The molecule has 3 N–H and O–H groups in total. The molecule has 2 aromatic heterocycles. The van der Waals surface area contributed by atoms with Crippen LogP contribution in [-0.2, 0) is 23.6 Å². The number of pyridine rings is 1. The van der Waals surface area contributed by atoms with E-state index in [1.54, 1.807) is 30.2 Å². The lowest BCUT2D eigenvalue weighted by Gasteiger charge is -2.17. The molecule has 0 unspecified atom stereocenters. The Morgan fingerprint density at radius 2 is 2.25 bits per heavy atom. The van der Waals surface area contributed by atoms with Crippen LogP contribution in [0.4, 0.5) is 5.82 Å². The van der Waals surface area contributed by atoms with Gasteiger partial charge in [-0.25, -0.2) is 19.2 Å². The fourth-order valence-electron chi connectivity index (χ4n) is 1.77. The zero-order valence-corrected chi connectivity index (χ0v) is 12.0. The number of rotatable bonds is 5. The van der Waals surface area contributed by atoms with Gasteiger partial charge in [-0.2, -0.15) is 9.40 Å². The van der Waals surface area contributed by atoms with E-state index in [2.05, 4.69) is 15.5 Å². The summed E-state index contributed by atoms with van der Waals surface area (Å²) in [6, 6.07) is 3.00. The molecule has 0 bridgehead atoms. The van der Waals surface area contributed by atoms with Crippen molar-refractivity contribution in [2.45, 2.75) is 11.4 Å². The van der Waals surface area contributed by atoms with Crippen molar-refractivity contribution in [1.29, 1.82) is 0 Å². The normalized spacial score (nSPS) is 11.8. The number of hydrogen-bond donors (Lipinski definition) is 2. The molecule has 0 aliphatic carbocycles. The number of nitrogens with zero attached hydrogens (tertiary/aromatic N) is 4.